The maximum absolute atomic E-state index is 12.1. The first kappa shape index (κ1) is 13.3. The van der Waals surface area contributed by atoms with Crippen LogP contribution in [0.25, 0.3) is 0 Å². The van der Waals surface area contributed by atoms with Gasteiger partial charge in [-0.05, 0) is 5.56 Å². The fourth-order valence-corrected chi connectivity index (χ4v) is 2.39. The number of carbonyl (C=O) groups is 2. The third kappa shape index (κ3) is 3.07. The number of hydrogen-bond acceptors (Lipinski definition) is 4. The Morgan fingerprint density at radius 1 is 1.38 bits per heavy atom. The van der Waals surface area contributed by atoms with Crippen LogP contribution in [-0.4, -0.2) is 38.4 Å². The van der Waals surface area contributed by atoms with Gasteiger partial charge in [-0.3, -0.25) is 14.9 Å². The average molecular weight is 285 g/mol. The van der Waals surface area contributed by atoms with E-state index < -0.39 is 0 Å². The number of rotatable bonds is 4. The van der Waals surface area contributed by atoms with Crippen molar-refractivity contribution < 1.29 is 9.59 Å². The molecule has 2 amide bonds. The lowest BCUT2D eigenvalue weighted by molar-refractivity contribution is -0.128. The molecule has 0 spiro atoms. The fourth-order valence-electron chi connectivity index (χ4n) is 2.39. The van der Waals surface area contributed by atoms with Crippen molar-refractivity contribution in [2.24, 2.45) is 5.92 Å². The van der Waals surface area contributed by atoms with E-state index in [0.29, 0.717) is 19.0 Å². The molecule has 1 fully saturated rings. The van der Waals surface area contributed by atoms with Crippen LogP contribution in [0, 0.1) is 5.92 Å². The second kappa shape index (κ2) is 5.74. The summed E-state index contributed by atoms with van der Waals surface area (Å²) >= 11 is 0. The standard InChI is InChI=1S/C14H15N5O2/c20-12-6-11(13(21)17-14-15-9-16-18-14)8-19(12)7-10-4-2-1-3-5-10/h1-5,9,11H,6-8H2,(H2,15,16,17,18,21)/t11-/m0/s1. The number of carbonyl (C=O) groups excluding carboxylic acids is 2. The Labute approximate surface area is 121 Å². The fraction of sp³-hybridized carbons (Fsp3) is 0.286. The minimum Gasteiger partial charge on any atom is -0.338 e. The Hall–Kier alpha value is -2.70. The summed E-state index contributed by atoms with van der Waals surface area (Å²) in [5, 5.41) is 8.84. The van der Waals surface area contributed by atoms with Gasteiger partial charge in [0.05, 0.1) is 5.92 Å². The molecular weight excluding hydrogens is 270 g/mol. The van der Waals surface area contributed by atoms with E-state index in [4.69, 9.17) is 0 Å². The highest BCUT2D eigenvalue weighted by atomic mass is 16.2. The monoisotopic (exact) mass is 285 g/mol. The van der Waals surface area contributed by atoms with Crippen molar-refractivity contribution in [2.75, 3.05) is 11.9 Å². The molecule has 0 unspecified atom stereocenters. The van der Waals surface area contributed by atoms with Gasteiger partial charge in [-0.2, -0.15) is 10.1 Å². The van der Waals surface area contributed by atoms with Crippen molar-refractivity contribution in [1.82, 2.24) is 20.1 Å². The maximum atomic E-state index is 12.1. The van der Waals surface area contributed by atoms with Crippen molar-refractivity contribution >= 4 is 17.8 Å². The molecule has 7 heteroatoms. The molecule has 0 radical (unpaired) electrons. The molecular formula is C14H15N5O2. The maximum Gasteiger partial charge on any atom is 0.232 e. The largest absolute Gasteiger partial charge is 0.338 e. The smallest absolute Gasteiger partial charge is 0.232 e. The second-order valence-corrected chi connectivity index (χ2v) is 4.98. The SMILES string of the molecule is O=C(Nc1ncn[nH]1)[C@H]1CC(=O)N(Cc2ccccc2)C1. The van der Waals surface area contributed by atoms with Crippen molar-refractivity contribution in [3.63, 3.8) is 0 Å². The van der Waals surface area contributed by atoms with Gasteiger partial charge in [-0.25, -0.2) is 5.10 Å². The highest BCUT2D eigenvalue weighted by Gasteiger charge is 2.34. The lowest BCUT2D eigenvalue weighted by atomic mass is 10.1. The summed E-state index contributed by atoms with van der Waals surface area (Å²) in [6.45, 7) is 0.958. The van der Waals surface area contributed by atoms with Crippen molar-refractivity contribution in [2.45, 2.75) is 13.0 Å². The molecule has 7 nitrogen and oxygen atoms in total. The molecule has 1 aromatic carbocycles. The van der Waals surface area contributed by atoms with E-state index in [-0.39, 0.29) is 24.2 Å². The number of aromatic amines is 1. The van der Waals surface area contributed by atoms with Crippen LogP contribution in [-0.2, 0) is 16.1 Å². The number of anilines is 1. The summed E-state index contributed by atoms with van der Waals surface area (Å²) in [6.07, 6.45) is 1.55. The zero-order valence-corrected chi connectivity index (χ0v) is 11.3. The molecule has 1 aromatic heterocycles. The summed E-state index contributed by atoms with van der Waals surface area (Å²) in [5.41, 5.74) is 1.06. The first-order valence-corrected chi connectivity index (χ1v) is 6.70. The molecule has 0 saturated carbocycles. The van der Waals surface area contributed by atoms with Crippen LogP contribution in [0.1, 0.15) is 12.0 Å². The molecule has 0 bridgehead atoms. The lowest BCUT2D eigenvalue weighted by Gasteiger charge is -2.16. The zero-order valence-electron chi connectivity index (χ0n) is 11.3. The molecule has 2 aromatic rings. The Morgan fingerprint density at radius 3 is 2.90 bits per heavy atom. The molecule has 1 aliphatic rings. The number of benzene rings is 1. The molecule has 2 N–H and O–H groups in total. The third-order valence-electron chi connectivity index (χ3n) is 3.46. The van der Waals surface area contributed by atoms with E-state index in [0.717, 1.165) is 5.56 Å². The quantitative estimate of drug-likeness (QED) is 0.869. The van der Waals surface area contributed by atoms with Crippen LogP contribution in [0.4, 0.5) is 5.95 Å². The number of nitrogens with zero attached hydrogens (tertiary/aromatic N) is 3. The van der Waals surface area contributed by atoms with Crippen molar-refractivity contribution in [1.29, 1.82) is 0 Å². The number of likely N-dealkylation sites (tertiary alicyclic amines) is 1. The van der Waals surface area contributed by atoms with Crippen LogP contribution in [0.2, 0.25) is 0 Å². The molecule has 21 heavy (non-hydrogen) atoms. The van der Waals surface area contributed by atoms with Gasteiger partial charge in [-0.1, -0.05) is 30.3 Å². The van der Waals surface area contributed by atoms with Crippen LogP contribution < -0.4 is 5.32 Å². The molecule has 108 valence electrons. The Balaban J connectivity index is 1.60. The zero-order chi connectivity index (χ0) is 14.7. The second-order valence-electron chi connectivity index (χ2n) is 4.98. The number of nitrogens with one attached hydrogen (secondary N) is 2. The van der Waals surface area contributed by atoms with E-state index in [2.05, 4.69) is 20.5 Å². The molecule has 1 aliphatic heterocycles. The van der Waals surface area contributed by atoms with Gasteiger partial charge in [0.15, 0.2) is 0 Å². The minimum absolute atomic E-state index is 0.00317. The first-order valence-electron chi connectivity index (χ1n) is 6.70. The Bertz CT molecular complexity index is 626. The Kier molecular flexibility index (Phi) is 3.63. The highest BCUT2D eigenvalue weighted by Crippen LogP contribution is 2.21. The third-order valence-corrected chi connectivity index (χ3v) is 3.46. The molecule has 3 rings (SSSR count). The first-order chi connectivity index (χ1) is 10.2. The topological polar surface area (TPSA) is 91.0 Å². The summed E-state index contributed by atoms with van der Waals surface area (Å²) in [6, 6.07) is 9.74. The van der Waals surface area contributed by atoms with Crippen LogP contribution >= 0.6 is 0 Å². The van der Waals surface area contributed by atoms with Crippen molar-refractivity contribution in [3.05, 3.63) is 42.2 Å². The van der Waals surface area contributed by atoms with E-state index >= 15 is 0 Å². The van der Waals surface area contributed by atoms with E-state index in [1.54, 1.807) is 4.90 Å². The van der Waals surface area contributed by atoms with Crippen molar-refractivity contribution in [3.8, 4) is 0 Å². The molecule has 1 atom stereocenters. The van der Waals surface area contributed by atoms with Crippen LogP contribution in [0.5, 0.6) is 0 Å². The summed E-state index contributed by atoms with van der Waals surface area (Å²) < 4.78 is 0. The molecule has 1 saturated heterocycles. The minimum atomic E-state index is -0.355. The highest BCUT2D eigenvalue weighted by molar-refractivity contribution is 5.96. The van der Waals surface area contributed by atoms with E-state index in [1.165, 1.54) is 6.33 Å². The van der Waals surface area contributed by atoms with E-state index in [1.807, 2.05) is 30.3 Å². The predicted molar refractivity (Wildman–Crippen MR) is 75.0 cm³/mol. The van der Waals surface area contributed by atoms with Crippen LogP contribution in [0.15, 0.2) is 36.7 Å². The van der Waals surface area contributed by atoms with E-state index in [9.17, 15) is 9.59 Å². The van der Waals surface area contributed by atoms with Gasteiger partial charge in [0, 0.05) is 19.5 Å². The lowest BCUT2D eigenvalue weighted by Crippen LogP contribution is -2.28. The average Bonchev–Trinajstić information content (AvgIpc) is 3.11. The van der Waals surface area contributed by atoms with Gasteiger partial charge in [0.25, 0.3) is 0 Å². The molecule has 2 heterocycles. The van der Waals surface area contributed by atoms with Crippen LogP contribution in [0.3, 0.4) is 0 Å². The van der Waals surface area contributed by atoms with Gasteiger partial charge in [0.2, 0.25) is 17.8 Å². The van der Waals surface area contributed by atoms with Gasteiger partial charge in [0.1, 0.15) is 6.33 Å². The normalized spacial score (nSPS) is 18.0. The Morgan fingerprint density at radius 2 is 2.19 bits per heavy atom. The number of H-pyrrole nitrogens is 1. The number of hydrogen-bond donors (Lipinski definition) is 2. The number of aromatic nitrogens is 3. The molecule has 0 aliphatic carbocycles. The van der Waals surface area contributed by atoms with Gasteiger partial charge < -0.3 is 4.90 Å². The summed E-state index contributed by atoms with van der Waals surface area (Å²) in [5.74, 6) is -0.271. The summed E-state index contributed by atoms with van der Waals surface area (Å²) in [4.78, 5) is 29.6. The summed E-state index contributed by atoms with van der Waals surface area (Å²) in [7, 11) is 0. The van der Waals surface area contributed by atoms with Gasteiger partial charge >= 0.3 is 0 Å². The number of amides is 2. The van der Waals surface area contributed by atoms with Gasteiger partial charge in [-0.15, -0.1) is 0 Å². The predicted octanol–water partition coefficient (Wildman–Crippen LogP) is 0.792.